The summed E-state index contributed by atoms with van der Waals surface area (Å²) in [7, 11) is 3.13. The molecule has 1 atom stereocenters. The molecular weight excluding hydrogens is 246 g/mol. The van der Waals surface area contributed by atoms with Gasteiger partial charge in [-0.3, -0.25) is 4.79 Å². The Morgan fingerprint density at radius 3 is 2.74 bits per heavy atom. The van der Waals surface area contributed by atoms with Crippen molar-refractivity contribution in [2.75, 3.05) is 26.1 Å². The van der Waals surface area contributed by atoms with E-state index in [1.165, 1.54) is 0 Å². The van der Waals surface area contributed by atoms with E-state index in [1.807, 2.05) is 6.92 Å². The molecule has 0 radical (unpaired) electrons. The van der Waals surface area contributed by atoms with Crippen LogP contribution in [0.15, 0.2) is 24.3 Å². The molecule has 6 nitrogen and oxygen atoms in total. The van der Waals surface area contributed by atoms with Crippen molar-refractivity contribution in [1.82, 2.24) is 10.6 Å². The number of hydrogen-bond acceptors (Lipinski definition) is 3. The fraction of sp³-hybridized carbons (Fsp3) is 0.385. The van der Waals surface area contributed by atoms with Crippen LogP contribution in [0.2, 0.25) is 0 Å². The highest BCUT2D eigenvalue weighted by atomic mass is 16.5. The summed E-state index contributed by atoms with van der Waals surface area (Å²) in [4.78, 5) is 23.1. The van der Waals surface area contributed by atoms with Gasteiger partial charge in [-0.25, -0.2) is 4.79 Å². The minimum absolute atomic E-state index is 0.0906. The number of methoxy groups -OCH3 is 1. The molecule has 0 aliphatic heterocycles. The number of carbonyl (C=O) groups is 2. The zero-order valence-corrected chi connectivity index (χ0v) is 11.3. The van der Waals surface area contributed by atoms with Crippen LogP contribution in [0.4, 0.5) is 10.5 Å². The van der Waals surface area contributed by atoms with Crippen molar-refractivity contribution in [3.05, 3.63) is 29.8 Å². The van der Waals surface area contributed by atoms with Crippen molar-refractivity contribution < 1.29 is 14.3 Å². The maximum absolute atomic E-state index is 11.7. The third-order valence-corrected chi connectivity index (χ3v) is 2.40. The third kappa shape index (κ3) is 4.97. The van der Waals surface area contributed by atoms with Crippen LogP contribution in [0.3, 0.4) is 0 Å². The van der Waals surface area contributed by atoms with E-state index in [0.717, 1.165) is 0 Å². The van der Waals surface area contributed by atoms with Gasteiger partial charge in [0, 0.05) is 25.4 Å². The third-order valence-electron chi connectivity index (χ3n) is 2.40. The SMILES string of the molecule is CNC(=O)c1cccc(NC(=O)N[C@H](C)COC)c1. The summed E-state index contributed by atoms with van der Waals surface area (Å²) >= 11 is 0. The highest BCUT2D eigenvalue weighted by Crippen LogP contribution is 2.10. The molecule has 0 aliphatic rings. The predicted octanol–water partition coefficient (Wildman–Crippen LogP) is 1.20. The van der Waals surface area contributed by atoms with Gasteiger partial charge >= 0.3 is 6.03 Å². The Kier molecular flexibility index (Phi) is 5.81. The van der Waals surface area contributed by atoms with Crippen LogP contribution in [-0.2, 0) is 4.74 Å². The monoisotopic (exact) mass is 265 g/mol. The summed E-state index contributed by atoms with van der Waals surface area (Å²) in [6, 6.07) is 6.28. The van der Waals surface area contributed by atoms with Crippen LogP contribution < -0.4 is 16.0 Å². The van der Waals surface area contributed by atoms with E-state index in [2.05, 4.69) is 16.0 Å². The van der Waals surface area contributed by atoms with E-state index in [9.17, 15) is 9.59 Å². The molecule has 0 aromatic heterocycles. The molecule has 3 N–H and O–H groups in total. The lowest BCUT2D eigenvalue weighted by Crippen LogP contribution is -2.38. The first-order chi connectivity index (χ1) is 9.06. The maximum atomic E-state index is 11.7. The average molecular weight is 265 g/mol. The van der Waals surface area contributed by atoms with Crippen LogP contribution >= 0.6 is 0 Å². The highest BCUT2D eigenvalue weighted by Gasteiger charge is 2.08. The van der Waals surface area contributed by atoms with Gasteiger partial charge < -0.3 is 20.7 Å². The summed E-state index contributed by atoms with van der Waals surface area (Å²) in [5.74, 6) is -0.197. The number of amides is 3. The molecule has 3 amide bonds. The molecule has 1 aromatic rings. The number of rotatable bonds is 5. The summed E-state index contributed by atoms with van der Waals surface area (Å²) in [6.45, 7) is 2.27. The molecule has 0 unspecified atom stereocenters. The normalized spacial score (nSPS) is 11.5. The second-order valence-electron chi connectivity index (χ2n) is 4.11. The number of urea groups is 1. The minimum Gasteiger partial charge on any atom is -0.383 e. The standard InChI is InChI=1S/C13H19N3O3/c1-9(8-19-3)15-13(18)16-11-6-4-5-10(7-11)12(17)14-2/h4-7,9H,8H2,1-3H3,(H,14,17)(H2,15,16,18)/t9-/m1/s1. The molecule has 6 heteroatoms. The van der Waals surface area contributed by atoms with Crippen LogP contribution in [0.5, 0.6) is 0 Å². The summed E-state index contributed by atoms with van der Waals surface area (Å²) < 4.78 is 4.92. The van der Waals surface area contributed by atoms with Gasteiger partial charge in [0.05, 0.1) is 12.6 Å². The number of carbonyl (C=O) groups excluding carboxylic acids is 2. The molecule has 0 spiro atoms. The number of nitrogens with one attached hydrogen (secondary N) is 3. The average Bonchev–Trinajstić information content (AvgIpc) is 2.38. The molecule has 19 heavy (non-hydrogen) atoms. The van der Waals surface area contributed by atoms with Gasteiger partial charge in [0.1, 0.15) is 0 Å². The number of benzene rings is 1. The number of anilines is 1. The van der Waals surface area contributed by atoms with E-state index < -0.39 is 0 Å². The second kappa shape index (κ2) is 7.38. The molecule has 0 fully saturated rings. The summed E-state index contributed by atoms with van der Waals surface area (Å²) in [6.07, 6.45) is 0. The fourth-order valence-electron chi connectivity index (χ4n) is 1.57. The van der Waals surface area contributed by atoms with Crippen molar-refractivity contribution in [3.8, 4) is 0 Å². The highest BCUT2D eigenvalue weighted by molar-refractivity contribution is 5.96. The van der Waals surface area contributed by atoms with Crippen LogP contribution in [0, 0.1) is 0 Å². The molecule has 1 aromatic carbocycles. The van der Waals surface area contributed by atoms with Gasteiger partial charge in [0.15, 0.2) is 0 Å². The predicted molar refractivity (Wildman–Crippen MR) is 73.3 cm³/mol. The molecule has 0 saturated carbocycles. The van der Waals surface area contributed by atoms with Gasteiger partial charge in [0.2, 0.25) is 0 Å². The maximum Gasteiger partial charge on any atom is 0.319 e. The molecule has 0 saturated heterocycles. The van der Waals surface area contributed by atoms with Crippen molar-refractivity contribution in [2.45, 2.75) is 13.0 Å². The Balaban J connectivity index is 2.62. The molecule has 0 aliphatic carbocycles. The summed E-state index contributed by atoms with van der Waals surface area (Å²) in [5.41, 5.74) is 1.05. The van der Waals surface area contributed by atoms with Gasteiger partial charge in [-0.15, -0.1) is 0 Å². The number of hydrogen-bond donors (Lipinski definition) is 3. The molecule has 1 rings (SSSR count). The Morgan fingerprint density at radius 2 is 2.11 bits per heavy atom. The zero-order valence-electron chi connectivity index (χ0n) is 11.3. The van der Waals surface area contributed by atoms with Gasteiger partial charge in [-0.2, -0.15) is 0 Å². The van der Waals surface area contributed by atoms with E-state index in [4.69, 9.17) is 4.74 Å². The van der Waals surface area contributed by atoms with E-state index in [1.54, 1.807) is 38.4 Å². The Bertz CT molecular complexity index is 449. The quantitative estimate of drug-likeness (QED) is 0.748. The summed E-state index contributed by atoms with van der Waals surface area (Å²) in [5, 5.41) is 7.91. The van der Waals surface area contributed by atoms with Crippen molar-refractivity contribution in [2.24, 2.45) is 0 Å². The van der Waals surface area contributed by atoms with Gasteiger partial charge in [-0.05, 0) is 25.1 Å². The van der Waals surface area contributed by atoms with Gasteiger partial charge in [0.25, 0.3) is 5.91 Å². The molecular formula is C13H19N3O3. The van der Waals surface area contributed by atoms with E-state index in [0.29, 0.717) is 17.9 Å². The van der Waals surface area contributed by atoms with Crippen LogP contribution in [0.25, 0.3) is 0 Å². The Labute approximate surface area is 112 Å². The lowest BCUT2D eigenvalue weighted by Gasteiger charge is -2.13. The van der Waals surface area contributed by atoms with Crippen LogP contribution in [-0.4, -0.2) is 38.7 Å². The number of ether oxygens (including phenoxy) is 1. The fourth-order valence-corrected chi connectivity index (χ4v) is 1.57. The molecule has 0 bridgehead atoms. The molecule has 104 valence electrons. The van der Waals surface area contributed by atoms with Gasteiger partial charge in [-0.1, -0.05) is 6.07 Å². The van der Waals surface area contributed by atoms with Crippen molar-refractivity contribution in [3.63, 3.8) is 0 Å². The minimum atomic E-state index is -0.335. The molecule has 0 heterocycles. The second-order valence-corrected chi connectivity index (χ2v) is 4.11. The Morgan fingerprint density at radius 1 is 1.37 bits per heavy atom. The first-order valence-electron chi connectivity index (χ1n) is 5.95. The van der Waals surface area contributed by atoms with Crippen molar-refractivity contribution in [1.29, 1.82) is 0 Å². The Hall–Kier alpha value is -2.08. The first-order valence-corrected chi connectivity index (χ1v) is 5.95. The lowest BCUT2D eigenvalue weighted by molar-refractivity contribution is 0.0963. The van der Waals surface area contributed by atoms with E-state index in [-0.39, 0.29) is 18.0 Å². The topological polar surface area (TPSA) is 79.5 Å². The first kappa shape index (κ1) is 15.0. The van der Waals surface area contributed by atoms with Crippen LogP contribution in [0.1, 0.15) is 17.3 Å². The van der Waals surface area contributed by atoms with Crippen molar-refractivity contribution >= 4 is 17.6 Å². The van der Waals surface area contributed by atoms with E-state index >= 15 is 0 Å². The lowest BCUT2D eigenvalue weighted by atomic mass is 10.2. The largest absolute Gasteiger partial charge is 0.383 e. The zero-order chi connectivity index (χ0) is 14.3. The smallest absolute Gasteiger partial charge is 0.319 e.